The van der Waals surface area contributed by atoms with Crippen LogP contribution in [0.1, 0.15) is 48.2 Å². The summed E-state index contributed by atoms with van der Waals surface area (Å²) >= 11 is 1.49. The molecule has 0 spiro atoms. The van der Waals surface area contributed by atoms with E-state index in [1.54, 1.807) is 22.7 Å². The number of pyridine rings is 1. The third-order valence-electron chi connectivity index (χ3n) is 5.21. The molecule has 2 aromatic rings. The van der Waals surface area contributed by atoms with Crippen molar-refractivity contribution in [1.29, 1.82) is 0 Å². The number of hydrogen-bond acceptors (Lipinski definition) is 6. The summed E-state index contributed by atoms with van der Waals surface area (Å²) in [7, 11) is 0. The minimum Gasteiger partial charge on any atom is -0.359 e. The Balaban J connectivity index is 1.49. The maximum Gasteiger partial charge on any atom is 0.252 e. The van der Waals surface area contributed by atoms with Crippen molar-refractivity contribution in [1.82, 2.24) is 15.3 Å². The van der Waals surface area contributed by atoms with Crippen molar-refractivity contribution in [2.45, 2.75) is 38.6 Å². The van der Waals surface area contributed by atoms with E-state index in [1.807, 2.05) is 5.38 Å². The van der Waals surface area contributed by atoms with Crippen LogP contribution in [0.25, 0.3) is 0 Å². The molecule has 2 amide bonds. The Morgan fingerprint density at radius 1 is 1.30 bits per heavy atom. The first-order chi connectivity index (χ1) is 13.2. The lowest BCUT2D eigenvalue weighted by molar-refractivity contribution is -0.117. The Bertz CT molecular complexity index is 818. The number of carbonyl (C=O) groups is 2. The molecule has 8 heteroatoms. The Kier molecular flexibility index (Phi) is 5.33. The molecule has 2 aromatic heterocycles. The van der Waals surface area contributed by atoms with Crippen molar-refractivity contribution in [3.8, 4) is 0 Å². The summed E-state index contributed by atoms with van der Waals surface area (Å²) in [5.74, 6) is 0.992. The second-order valence-corrected chi connectivity index (χ2v) is 7.84. The number of amides is 2. The molecule has 0 radical (unpaired) electrons. The van der Waals surface area contributed by atoms with E-state index in [9.17, 15) is 9.59 Å². The van der Waals surface area contributed by atoms with Gasteiger partial charge in [-0.15, -0.1) is 11.3 Å². The molecule has 1 fully saturated rings. The number of rotatable bonds is 5. The van der Waals surface area contributed by atoms with Gasteiger partial charge in [-0.1, -0.05) is 19.3 Å². The van der Waals surface area contributed by atoms with Gasteiger partial charge in [0.1, 0.15) is 0 Å². The van der Waals surface area contributed by atoms with Crippen molar-refractivity contribution in [3.05, 3.63) is 34.4 Å². The number of anilines is 2. The van der Waals surface area contributed by atoms with Gasteiger partial charge in [-0.2, -0.15) is 0 Å². The van der Waals surface area contributed by atoms with E-state index in [4.69, 9.17) is 0 Å². The van der Waals surface area contributed by atoms with Crippen LogP contribution in [0.4, 0.5) is 11.5 Å². The van der Waals surface area contributed by atoms with E-state index < -0.39 is 0 Å². The fourth-order valence-corrected chi connectivity index (χ4v) is 4.24. The van der Waals surface area contributed by atoms with Gasteiger partial charge in [-0.25, -0.2) is 9.97 Å². The summed E-state index contributed by atoms with van der Waals surface area (Å²) in [5.41, 5.74) is 3.68. The van der Waals surface area contributed by atoms with Crippen LogP contribution < -0.4 is 15.5 Å². The molecule has 1 aliphatic heterocycles. The van der Waals surface area contributed by atoms with Gasteiger partial charge in [0, 0.05) is 18.1 Å². The normalized spacial score (nSPS) is 17.3. The minimum absolute atomic E-state index is 0.0583. The Morgan fingerprint density at radius 2 is 2.15 bits per heavy atom. The predicted octanol–water partition coefficient (Wildman–Crippen LogP) is 2.81. The lowest BCUT2D eigenvalue weighted by Gasteiger charge is -2.29. The van der Waals surface area contributed by atoms with Gasteiger partial charge in [0.05, 0.1) is 35.5 Å². The van der Waals surface area contributed by atoms with Gasteiger partial charge in [0.2, 0.25) is 5.91 Å². The molecule has 2 aliphatic rings. The highest BCUT2D eigenvalue weighted by molar-refractivity contribution is 7.07. The molecule has 3 heterocycles. The fourth-order valence-electron chi connectivity index (χ4n) is 3.69. The molecule has 142 valence electrons. The van der Waals surface area contributed by atoms with Crippen LogP contribution in [0.5, 0.6) is 0 Å². The SMILES string of the molecule is O=C(NCC1CCCCC1)c1cnc2c(c1)N(Cc1cscn1)C(=O)CN2. The molecule has 27 heavy (non-hydrogen) atoms. The first kappa shape index (κ1) is 17.9. The molecule has 0 bridgehead atoms. The quantitative estimate of drug-likeness (QED) is 0.826. The first-order valence-corrected chi connectivity index (χ1v) is 10.3. The molecular weight excluding hydrogens is 362 g/mol. The zero-order chi connectivity index (χ0) is 18.6. The number of aromatic nitrogens is 2. The van der Waals surface area contributed by atoms with E-state index in [0.29, 0.717) is 36.1 Å². The molecule has 0 unspecified atom stereocenters. The number of thiazole rings is 1. The smallest absolute Gasteiger partial charge is 0.252 e. The predicted molar refractivity (Wildman–Crippen MR) is 105 cm³/mol. The van der Waals surface area contributed by atoms with Crippen LogP contribution in [0.15, 0.2) is 23.2 Å². The van der Waals surface area contributed by atoms with Gasteiger partial charge >= 0.3 is 0 Å². The molecule has 0 saturated heterocycles. The van der Waals surface area contributed by atoms with Crippen LogP contribution >= 0.6 is 11.3 Å². The average Bonchev–Trinajstić information content (AvgIpc) is 3.22. The number of fused-ring (bicyclic) bond motifs is 1. The van der Waals surface area contributed by atoms with Gasteiger partial charge in [-0.05, 0) is 24.8 Å². The molecule has 0 atom stereocenters. The zero-order valence-corrected chi connectivity index (χ0v) is 15.9. The molecule has 0 aromatic carbocycles. The number of carbonyl (C=O) groups excluding carboxylic acids is 2. The summed E-state index contributed by atoms with van der Waals surface area (Å²) in [5, 5.41) is 7.97. The number of hydrogen-bond donors (Lipinski definition) is 2. The molecule has 1 saturated carbocycles. The van der Waals surface area contributed by atoms with Gasteiger partial charge < -0.3 is 15.5 Å². The van der Waals surface area contributed by atoms with Crippen LogP contribution in [-0.4, -0.2) is 34.9 Å². The van der Waals surface area contributed by atoms with Gasteiger partial charge in [0.25, 0.3) is 5.91 Å². The van der Waals surface area contributed by atoms with Crippen LogP contribution in [0.2, 0.25) is 0 Å². The van der Waals surface area contributed by atoms with Crippen LogP contribution in [0, 0.1) is 5.92 Å². The Morgan fingerprint density at radius 3 is 2.93 bits per heavy atom. The summed E-state index contributed by atoms with van der Waals surface area (Å²) in [4.78, 5) is 35.3. The first-order valence-electron chi connectivity index (χ1n) is 9.40. The largest absolute Gasteiger partial charge is 0.359 e. The minimum atomic E-state index is -0.137. The Labute approximate surface area is 162 Å². The van der Waals surface area contributed by atoms with Crippen LogP contribution in [-0.2, 0) is 11.3 Å². The second kappa shape index (κ2) is 8.04. The van der Waals surface area contributed by atoms with Crippen molar-refractivity contribution < 1.29 is 9.59 Å². The second-order valence-electron chi connectivity index (χ2n) is 7.12. The molecular formula is C19H23N5O2S. The van der Waals surface area contributed by atoms with Crippen LogP contribution in [0.3, 0.4) is 0 Å². The van der Waals surface area contributed by atoms with Crippen molar-refractivity contribution in [2.75, 3.05) is 23.3 Å². The number of nitrogens with one attached hydrogen (secondary N) is 2. The maximum absolute atomic E-state index is 12.6. The van der Waals surface area contributed by atoms with Gasteiger partial charge in [-0.3, -0.25) is 9.59 Å². The highest BCUT2D eigenvalue weighted by atomic mass is 32.1. The van der Waals surface area contributed by atoms with Crippen molar-refractivity contribution in [3.63, 3.8) is 0 Å². The lowest BCUT2D eigenvalue weighted by atomic mass is 9.89. The summed E-state index contributed by atoms with van der Waals surface area (Å²) in [6.45, 7) is 1.28. The third kappa shape index (κ3) is 4.10. The van der Waals surface area contributed by atoms with Crippen molar-refractivity contribution >= 4 is 34.7 Å². The monoisotopic (exact) mass is 385 g/mol. The highest BCUT2D eigenvalue weighted by Crippen LogP contribution is 2.30. The van der Waals surface area contributed by atoms with E-state index in [0.717, 1.165) is 5.69 Å². The topological polar surface area (TPSA) is 87.2 Å². The molecule has 2 N–H and O–H groups in total. The van der Waals surface area contributed by atoms with Gasteiger partial charge in [0.15, 0.2) is 5.82 Å². The average molecular weight is 385 g/mol. The maximum atomic E-state index is 12.6. The molecule has 4 rings (SSSR count). The summed E-state index contributed by atoms with van der Waals surface area (Å²) < 4.78 is 0. The lowest BCUT2D eigenvalue weighted by Crippen LogP contribution is -2.40. The van der Waals surface area contributed by atoms with E-state index in [-0.39, 0.29) is 18.4 Å². The standard InChI is InChI=1S/C19H23N5O2S/c25-17-9-21-18-16(24(17)10-15-11-27-12-23-15)6-14(8-20-18)19(26)22-7-13-4-2-1-3-5-13/h6,8,11-13H,1-5,7,9-10H2,(H,20,21)(H,22,26). The zero-order valence-electron chi connectivity index (χ0n) is 15.1. The highest BCUT2D eigenvalue weighted by Gasteiger charge is 2.27. The third-order valence-corrected chi connectivity index (χ3v) is 5.84. The van der Waals surface area contributed by atoms with E-state index >= 15 is 0 Å². The molecule has 7 nitrogen and oxygen atoms in total. The van der Waals surface area contributed by atoms with E-state index in [2.05, 4.69) is 20.6 Å². The Hall–Kier alpha value is -2.48. The fraction of sp³-hybridized carbons (Fsp3) is 0.474. The summed E-state index contributed by atoms with van der Waals surface area (Å²) in [6.07, 6.45) is 7.74. The van der Waals surface area contributed by atoms with E-state index in [1.165, 1.54) is 43.4 Å². The number of nitrogens with zero attached hydrogens (tertiary/aromatic N) is 3. The summed E-state index contributed by atoms with van der Waals surface area (Å²) in [6, 6.07) is 1.75. The van der Waals surface area contributed by atoms with Crippen molar-refractivity contribution in [2.24, 2.45) is 5.92 Å². The molecule has 1 aliphatic carbocycles.